The summed E-state index contributed by atoms with van der Waals surface area (Å²) in [7, 11) is -3.74. The van der Waals surface area contributed by atoms with Crippen molar-refractivity contribution in [3.63, 3.8) is 0 Å². The minimum absolute atomic E-state index is 0.164. The maximum absolute atomic E-state index is 12.6. The molecule has 32 heavy (non-hydrogen) atoms. The van der Waals surface area contributed by atoms with Crippen molar-refractivity contribution in [1.82, 2.24) is 5.32 Å². The standard InChI is InChI=1S/C25H28N2O4S/c1-18(2)23-9-4-5-10-24(23)31-16-15-26-25(28)20-7-6-8-21(17-20)27-32(29,30)22-13-11-19(3)12-14-22/h4-14,17-18,27H,15-16H2,1-3H3,(H,26,28). The van der Waals surface area contributed by atoms with Gasteiger partial charge in [-0.05, 0) is 54.8 Å². The van der Waals surface area contributed by atoms with E-state index < -0.39 is 10.0 Å². The summed E-state index contributed by atoms with van der Waals surface area (Å²) < 4.78 is 33.5. The van der Waals surface area contributed by atoms with Crippen LogP contribution in [-0.4, -0.2) is 27.5 Å². The molecule has 2 N–H and O–H groups in total. The molecule has 0 aliphatic carbocycles. The molecule has 0 fully saturated rings. The predicted octanol–water partition coefficient (Wildman–Crippen LogP) is 4.73. The molecule has 3 rings (SSSR count). The molecule has 0 unspecified atom stereocenters. The second-order valence-electron chi connectivity index (χ2n) is 7.80. The van der Waals surface area contributed by atoms with Crippen LogP contribution in [0.4, 0.5) is 5.69 Å². The Labute approximate surface area is 189 Å². The first kappa shape index (κ1) is 23.3. The first-order valence-electron chi connectivity index (χ1n) is 10.5. The van der Waals surface area contributed by atoms with E-state index in [1.54, 1.807) is 42.5 Å². The van der Waals surface area contributed by atoms with Crippen molar-refractivity contribution in [3.05, 3.63) is 89.5 Å². The highest BCUT2D eigenvalue weighted by Crippen LogP contribution is 2.25. The van der Waals surface area contributed by atoms with E-state index in [2.05, 4.69) is 23.9 Å². The number of para-hydroxylation sites is 1. The molecule has 0 heterocycles. The van der Waals surface area contributed by atoms with Crippen molar-refractivity contribution in [1.29, 1.82) is 0 Å². The Morgan fingerprint density at radius 3 is 2.41 bits per heavy atom. The van der Waals surface area contributed by atoms with Crippen LogP contribution in [0.3, 0.4) is 0 Å². The zero-order chi connectivity index (χ0) is 23.1. The van der Waals surface area contributed by atoms with E-state index in [9.17, 15) is 13.2 Å². The minimum Gasteiger partial charge on any atom is -0.491 e. The Morgan fingerprint density at radius 2 is 1.69 bits per heavy atom. The highest BCUT2D eigenvalue weighted by atomic mass is 32.2. The zero-order valence-electron chi connectivity index (χ0n) is 18.5. The summed E-state index contributed by atoms with van der Waals surface area (Å²) in [6.45, 7) is 6.74. The van der Waals surface area contributed by atoms with Crippen LogP contribution in [-0.2, 0) is 10.0 Å². The molecule has 0 aliphatic rings. The number of carbonyl (C=O) groups is 1. The number of benzene rings is 3. The van der Waals surface area contributed by atoms with E-state index >= 15 is 0 Å². The van der Waals surface area contributed by atoms with Gasteiger partial charge in [-0.15, -0.1) is 0 Å². The molecule has 0 aliphatic heterocycles. The fraction of sp³-hybridized carbons (Fsp3) is 0.240. The van der Waals surface area contributed by atoms with E-state index in [4.69, 9.17) is 4.74 Å². The Balaban J connectivity index is 1.58. The van der Waals surface area contributed by atoms with Crippen LogP contribution in [0, 0.1) is 6.92 Å². The number of rotatable bonds is 9. The lowest BCUT2D eigenvalue weighted by molar-refractivity contribution is 0.0947. The van der Waals surface area contributed by atoms with E-state index in [1.807, 2.05) is 31.2 Å². The lowest BCUT2D eigenvalue weighted by Crippen LogP contribution is -2.28. The van der Waals surface area contributed by atoms with Gasteiger partial charge in [0.05, 0.1) is 11.4 Å². The summed E-state index contributed by atoms with van der Waals surface area (Å²) in [5, 5.41) is 2.80. The largest absolute Gasteiger partial charge is 0.491 e. The zero-order valence-corrected chi connectivity index (χ0v) is 19.3. The lowest BCUT2D eigenvalue weighted by Gasteiger charge is -2.14. The van der Waals surface area contributed by atoms with Crippen molar-refractivity contribution < 1.29 is 17.9 Å². The van der Waals surface area contributed by atoms with Crippen LogP contribution in [0.15, 0.2) is 77.7 Å². The SMILES string of the molecule is Cc1ccc(S(=O)(=O)Nc2cccc(C(=O)NCCOc3ccccc3C(C)C)c2)cc1. The van der Waals surface area contributed by atoms with Gasteiger partial charge < -0.3 is 10.1 Å². The van der Waals surface area contributed by atoms with E-state index in [-0.39, 0.29) is 10.8 Å². The van der Waals surface area contributed by atoms with Crippen LogP contribution >= 0.6 is 0 Å². The fourth-order valence-corrected chi connectivity index (χ4v) is 4.22. The molecule has 168 valence electrons. The van der Waals surface area contributed by atoms with E-state index in [0.717, 1.165) is 16.9 Å². The van der Waals surface area contributed by atoms with Gasteiger partial charge in [0.1, 0.15) is 12.4 Å². The third-order valence-electron chi connectivity index (χ3n) is 4.89. The highest BCUT2D eigenvalue weighted by molar-refractivity contribution is 7.92. The molecule has 6 nitrogen and oxygen atoms in total. The van der Waals surface area contributed by atoms with Crippen LogP contribution in [0.1, 0.15) is 41.3 Å². The summed E-state index contributed by atoms with van der Waals surface area (Å²) in [5.74, 6) is 0.846. The quantitative estimate of drug-likeness (QED) is 0.460. The molecule has 3 aromatic carbocycles. The molecule has 0 radical (unpaired) electrons. The highest BCUT2D eigenvalue weighted by Gasteiger charge is 2.15. The van der Waals surface area contributed by atoms with Crippen molar-refractivity contribution in [2.45, 2.75) is 31.6 Å². The molecule has 0 spiro atoms. The van der Waals surface area contributed by atoms with Crippen LogP contribution in [0.25, 0.3) is 0 Å². The second-order valence-corrected chi connectivity index (χ2v) is 9.48. The lowest BCUT2D eigenvalue weighted by atomic mass is 10.0. The molecule has 0 saturated heterocycles. The average Bonchev–Trinajstić information content (AvgIpc) is 2.77. The van der Waals surface area contributed by atoms with Crippen molar-refractivity contribution in [2.24, 2.45) is 0 Å². The van der Waals surface area contributed by atoms with Crippen molar-refractivity contribution in [2.75, 3.05) is 17.9 Å². The molecular formula is C25H28N2O4S. The second kappa shape index (κ2) is 10.3. The van der Waals surface area contributed by atoms with Crippen molar-refractivity contribution >= 4 is 21.6 Å². The number of hydrogen-bond acceptors (Lipinski definition) is 4. The van der Waals surface area contributed by atoms with E-state index in [0.29, 0.717) is 30.3 Å². The van der Waals surface area contributed by atoms with Crippen LogP contribution in [0.2, 0.25) is 0 Å². The molecule has 7 heteroatoms. The Kier molecular flexibility index (Phi) is 7.53. The summed E-state index contributed by atoms with van der Waals surface area (Å²) in [4.78, 5) is 12.7. The van der Waals surface area contributed by atoms with Gasteiger partial charge in [-0.2, -0.15) is 0 Å². The number of hydrogen-bond donors (Lipinski definition) is 2. The molecule has 0 aromatic heterocycles. The third kappa shape index (κ3) is 6.11. The number of ether oxygens (including phenoxy) is 1. The summed E-state index contributed by atoms with van der Waals surface area (Å²) in [5.41, 5.74) is 2.77. The Hall–Kier alpha value is -3.32. The molecule has 0 bridgehead atoms. The third-order valence-corrected chi connectivity index (χ3v) is 6.29. The first-order valence-corrected chi connectivity index (χ1v) is 11.9. The average molecular weight is 453 g/mol. The van der Waals surface area contributed by atoms with Crippen LogP contribution < -0.4 is 14.8 Å². The minimum atomic E-state index is -3.74. The van der Waals surface area contributed by atoms with Gasteiger partial charge in [0.15, 0.2) is 0 Å². The molecule has 0 atom stereocenters. The smallest absolute Gasteiger partial charge is 0.261 e. The number of carbonyl (C=O) groups excluding carboxylic acids is 1. The number of anilines is 1. The van der Waals surface area contributed by atoms with E-state index in [1.165, 1.54) is 6.07 Å². The fourth-order valence-electron chi connectivity index (χ4n) is 3.17. The van der Waals surface area contributed by atoms with Gasteiger partial charge in [0, 0.05) is 11.3 Å². The van der Waals surface area contributed by atoms with Gasteiger partial charge in [-0.25, -0.2) is 8.42 Å². The van der Waals surface area contributed by atoms with Crippen molar-refractivity contribution in [3.8, 4) is 5.75 Å². The Bertz CT molecular complexity index is 1170. The van der Waals surface area contributed by atoms with Gasteiger partial charge in [0.2, 0.25) is 0 Å². The van der Waals surface area contributed by atoms with Gasteiger partial charge >= 0.3 is 0 Å². The molecule has 3 aromatic rings. The number of amides is 1. The topological polar surface area (TPSA) is 84.5 Å². The predicted molar refractivity (Wildman–Crippen MR) is 127 cm³/mol. The molecule has 1 amide bonds. The van der Waals surface area contributed by atoms with Gasteiger partial charge in [-0.1, -0.05) is 55.8 Å². The van der Waals surface area contributed by atoms with Gasteiger partial charge in [-0.3, -0.25) is 9.52 Å². The Morgan fingerprint density at radius 1 is 0.969 bits per heavy atom. The summed E-state index contributed by atoms with van der Waals surface area (Å²) >= 11 is 0. The van der Waals surface area contributed by atoms with Crippen LogP contribution in [0.5, 0.6) is 5.75 Å². The molecule has 0 saturated carbocycles. The summed E-state index contributed by atoms with van der Waals surface area (Å²) in [6, 6.07) is 20.8. The normalized spacial score (nSPS) is 11.2. The maximum Gasteiger partial charge on any atom is 0.261 e. The monoisotopic (exact) mass is 452 g/mol. The first-order chi connectivity index (χ1) is 15.3. The number of aryl methyl sites for hydroxylation is 1. The summed E-state index contributed by atoms with van der Waals surface area (Å²) in [6.07, 6.45) is 0. The number of nitrogens with one attached hydrogen (secondary N) is 2. The molecular weight excluding hydrogens is 424 g/mol. The number of sulfonamides is 1. The van der Waals surface area contributed by atoms with Gasteiger partial charge in [0.25, 0.3) is 15.9 Å². The maximum atomic E-state index is 12.6.